The standard InChI is InChI=1S/C11H16N2O/c1-2-9-5-8(1)6-11(9)12-7-10-3-4-14-13-10/h3-4,8-9,11-12H,1-2,5-7H2. The van der Waals surface area contributed by atoms with E-state index in [1.807, 2.05) is 6.07 Å². The van der Waals surface area contributed by atoms with Gasteiger partial charge in [0.05, 0.1) is 5.69 Å². The van der Waals surface area contributed by atoms with Gasteiger partial charge in [-0.25, -0.2) is 0 Å². The van der Waals surface area contributed by atoms with Gasteiger partial charge >= 0.3 is 0 Å². The van der Waals surface area contributed by atoms with Gasteiger partial charge in [0, 0.05) is 18.7 Å². The van der Waals surface area contributed by atoms with Crippen molar-refractivity contribution in [1.82, 2.24) is 10.5 Å². The van der Waals surface area contributed by atoms with Crippen molar-refractivity contribution >= 4 is 0 Å². The van der Waals surface area contributed by atoms with Crippen molar-refractivity contribution in [2.75, 3.05) is 0 Å². The summed E-state index contributed by atoms with van der Waals surface area (Å²) >= 11 is 0. The molecule has 2 saturated carbocycles. The van der Waals surface area contributed by atoms with E-state index < -0.39 is 0 Å². The van der Waals surface area contributed by atoms with Crippen LogP contribution in [0, 0.1) is 11.8 Å². The van der Waals surface area contributed by atoms with Crippen molar-refractivity contribution in [3.8, 4) is 0 Å². The Balaban J connectivity index is 1.54. The lowest BCUT2D eigenvalue weighted by Crippen LogP contribution is -2.33. The molecule has 3 heteroatoms. The highest BCUT2D eigenvalue weighted by Gasteiger charge is 2.38. The number of rotatable bonds is 3. The summed E-state index contributed by atoms with van der Waals surface area (Å²) in [4.78, 5) is 0. The monoisotopic (exact) mass is 192 g/mol. The predicted molar refractivity (Wildman–Crippen MR) is 52.6 cm³/mol. The molecule has 3 atom stereocenters. The number of nitrogens with one attached hydrogen (secondary N) is 1. The van der Waals surface area contributed by atoms with Crippen LogP contribution in [0.5, 0.6) is 0 Å². The van der Waals surface area contributed by atoms with E-state index in [2.05, 4.69) is 10.5 Å². The third kappa shape index (κ3) is 1.46. The van der Waals surface area contributed by atoms with Crippen LogP contribution >= 0.6 is 0 Å². The zero-order chi connectivity index (χ0) is 9.38. The summed E-state index contributed by atoms with van der Waals surface area (Å²) in [5.41, 5.74) is 1.02. The van der Waals surface area contributed by atoms with Gasteiger partial charge in [0.2, 0.25) is 0 Å². The van der Waals surface area contributed by atoms with E-state index in [4.69, 9.17) is 4.52 Å². The molecule has 0 aliphatic heterocycles. The molecule has 0 aromatic carbocycles. The SMILES string of the molecule is c1cc(CNC2CC3CCC2C3)no1. The number of aromatic nitrogens is 1. The number of hydrogen-bond acceptors (Lipinski definition) is 3. The van der Waals surface area contributed by atoms with Crippen LogP contribution in [0.25, 0.3) is 0 Å². The van der Waals surface area contributed by atoms with Gasteiger partial charge in [-0.2, -0.15) is 0 Å². The second-order valence-corrected chi connectivity index (χ2v) is 4.65. The third-order valence-corrected chi connectivity index (χ3v) is 3.77. The summed E-state index contributed by atoms with van der Waals surface area (Å²) in [5.74, 6) is 1.95. The Morgan fingerprint density at radius 2 is 2.43 bits per heavy atom. The maximum Gasteiger partial charge on any atom is 0.124 e. The molecule has 14 heavy (non-hydrogen) atoms. The van der Waals surface area contributed by atoms with Gasteiger partial charge < -0.3 is 9.84 Å². The maximum atomic E-state index is 4.80. The summed E-state index contributed by atoms with van der Waals surface area (Å²) in [6.45, 7) is 0.865. The molecule has 2 aliphatic rings. The van der Waals surface area contributed by atoms with Crippen LogP contribution < -0.4 is 5.32 Å². The Kier molecular flexibility index (Phi) is 2.05. The zero-order valence-electron chi connectivity index (χ0n) is 8.28. The van der Waals surface area contributed by atoms with E-state index >= 15 is 0 Å². The molecule has 2 bridgehead atoms. The number of nitrogens with zero attached hydrogens (tertiary/aromatic N) is 1. The van der Waals surface area contributed by atoms with Gasteiger partial charge in [-0.3, -0.25) is 0 Å². The Hall–Kier alpha value is -0.830. The summed E-state index contributed by atoms with van der Waals surface area (Å²) in [6.07, 6.45) is 7.37. The quantitative estimate of drug-likeness (QED) is 0.795. The van der Waals surface area contributed by atoms with Crippen molar-refractivity contribution < 1.29 is 4.52 Å². The average Bonchev–Trinajstić information content (AvgIpc) is 2.91. The van der Waals surface area contributed by atoms with Crippen LogP contribution in [0.3, 0.4) is 0 Å². The zero-order valence-corrected chi connectivity index (χ0v) is 8.28. The first-order valence-electron chi connectivity index (χ1n) is 5.54. The molecular formula is C11H16N2O. The molecule has 0 saturated heterocycles. The molecule has 0 amide bonds. The first-order valence-corrected chi connectivity index (χ1v) is 5.54. The minimum absolute atomic E-state index is 0.741. The fourth-order valence-electron chi connectivity index (χ4n) is 3.06. The fraction of sp³-hybridized carbons (Fsp3) is 0.727. The smallest absolute Gasteiger partial charge is 0.124 e. The third-order valence-electron chi connectivity index (χ3n) is 3.77. The molecule has 1 heterocycles. The first kappa shape index (κ1) is 8.48. The summed E-state index contributed by atoms with van der Waals surface area (Å²) in [7, 11) is 0. The number of fused-ring (bicyclic) bond motifs is 2. The van der Waals surface area contributed by atoms with Gasteiger partial charge in [0.1, 0.15) is 6.26 Å². The van der Waals surface area contributed by atoms with Crippen LogP contribution in [-0.2, 0) is 6.54 Å². The molecule has 1 N–H and O–H groups in total. The molecule has 2 aliphatic carbocycles. The van der Waals surface area contributed by atoms with Crippen molar-refractivity contribution in [1.29, 1.82) is 0 Å². The largest absolute Gasteiger partial charge is 0.364 e. The summed E-state index contributed by atoms with van der Waals surface area (Å²) < 4.78 is 4.80. The van der Waals surface area contributed by atoms with E-state index in [0.717, 1.165) is 30.1 Å². The van der Waals surface area contributed by atoms with Crippen LogP contribution in [0.2, 0.25) is 0 Å². The van der Waals surface area contributed by atoms with Crippen LogP contribution in [0.15, 0.2) is 16.9 Å². The Bertz CT molecular complexity index is 296. The van der Waals surface area contributed by atoms with Crippen LogP contribution in [0.1, 0.15) is 31.4 Å². The lowest BCUT2D eigenvalue weighted by Gasteiger charge is -2.22. The van der Waals surface area contributed by atoms with Crippen molar-refractivity contribution in [3.05, 3.63) is 18.0 Å². The highest BCUT2D eigenvalue weighted by Crippen LogP contribution is 2.44. The number of hydrogen-bond donors (Lipinski definition) is 1. The minimum Gasteiger partial charge on any atom is -0.364 e. The molecule has 1 aromatic rings. The van der Waals surface area contributed by atoms with Crippen LogP contribution in [0.4, 0.5) is 0 Å². The molecule has 76 valence electrons. The van der Waals surface area contributed by atoms with E-state index in [1.54, 1.807) is 6.26 Å². The van der Waals surface area contributed by atoms with E-state index in [1.165, 1.54) is 25.7 Å². The Morgan fingerprint density at radius 3 is 3.07 bits per heavy atom. The van der Waals surface area contributed by atoms with E-state index in [9.17, 15) is 0 Å². The molecule has 2 fully saturated rings. The summed E-state index contributed by atoms with van der Waals surface area (Å²) in [5, 5.41) is 7.49. The van der Waals surface area contributed by atoms with Gasteiger partial charge in [-0.1, -0.05) is 11.6 Å². The minimum atomic E-state index is 0.741. The topological polar surface area (TPSA) is 38.1 Å². The van der Waals surface area contributed by atoms with Crippen molar-refractivity contribution in [2.24, 2.45) is 11.8 Å². The second kappa shape index (κ2) is 3.39. The molecule has 3 rings (SSSR count). The molecule has 0 radical (unpaired) electrons. The Morgan fingerprint density at radius 1 is 1.43 bits per heavy atom. The summed E-state index contributed by atoms with van der Waals surface area (Å²) in [6, 6.07) is 2.67. The molecule has 3 nitrogen and oxygen atoms in total. The van der Waals surface area contributed by atoms with E-state index in [0.29, 0.717) is 0 Å². The average molecular weight is 192 g/mol. The van der Waals surface area contributed by atoms with E-state index in [-0.39, 0.29) is 0 Å². The molecular weight excluding hydrogens is 176 g/mol. The van der Waals surface area contributed by atoms with Crippen molar-refractivity contribution in [3.63, 3.8) is 0 Å². The maximum absolute atomic E-state index is 4.80. The molecule has 3 unspecified atom stereocenters. The Labute approximate surface area is 83.9 Å². The van der Waals surface area contributed by atoms with Gasteiger partial charge in [-0.05, 0) is 31.1 Å². The molecule has 0 spiro atoms. The molecule has 1 aromatic heterocycles. The van der Waals surface area contributed by atoms with Gasteiger partial charge in [-0.15, -0.1) is 0 Å². The van der Waals surface area contributed by atoms with Gasteiger partial charge in [0.25, 0.3) is 0 Å². The second-order valence-electron chi connectivity index (χ2n) is 4.65. The lowest BCUT2D eigenvalue weighted by molar-refractivity contribution is 0.343. The van der Waals surface area contributed by atoms with Crippen LogP contribution in [-0.4, -0.2) is 11.2 Å². The lowest BCUT2D eigenvalue weighted by atomic mass is 9.95. The van der Waals surface area contributed by atoms with Crippen molar-refractivity contribution in [2.45, 2.75) is 38.3 Å². The highest BCUT2D eigenvalue weighted by atomic mass is 16.5. The predicted octanol–water partition coefficient (Wildman–Crippen LogP) is 1.95. The van der Waals surface area contributed by atoms with Gasteiger partial charge in [0.15, 0.2) is 0 Å². The highest BCUT2D eigenvalue weighted by molar-refractivity contribution is 4.98. The normalized spacial score (nSPS) is 35.3. The fourth-order valence-corrected chi connectivity index (χ4v) is 3.06. The first-order chi connectivity index (χ1) is 6.92.